The van der Waals surface area contributed by atoms with Gasteiger partial charge in [0.25, 0.3) is 0 Å². The largest absolute Gasteiger partial charge is 0.481 e. The van der Waals surface area contributed by atoms with Gasteiger partial charge in [-0.3, -0.25) is 0 Å². The van der Waals surface area contributed by atoms with Crippen molar-refractivity contribution in [3.05, 3.63) is 66.4 Å². The van der Waals surface area contributed by atoms with E-state index >= 15 is 0 Å². The molecule has 0 bridgehead atoms. The highest BCUT2D eigenvalue weighted by Gasteiger charge is 2.09. The lowest BCUT2D eigenvalue weighted by molar-refractivity contribution is 0.398. The van der Waals surface area contributed by atoms with E-state index in [4.69, 9.17) is 4.74 Å². The summed E-state index contributed by atoms with van der Waals surface area (Å²) >= 11 is 0. The molecule has 0 aliphatic heterocycles. The van der Waals surface area contributed by atoms with Crippen molar-refractivity contribution < 1.29 is 4.74 Å². The normalized spacial score (nSPS) is 12.1. The van der Waals surface area contributed by atoms with Crippen LogP contribution in [0.4, 0.5) is 5.69 Å². The van der Waals surface area contributed by atoms with Crippen molar-refractivity contribution in [1.82, 2.24) is 4.98 Å². The SMILES string of the molecule is COc1ccc(NC(C)c2cccc3ccccc23)cn1. The summed E-state index contributed by atoms with van der Waals surface area (Å²) in [5, 5.41) is 6.02. The van der Waals surface area contributed by atoms with E-state index in [0.717, 1.165) is 5.69 Å². The van der Waals surface area contributed by atoms with Crippen LogP contribution < -0.4 is 10.1 Å². The predicted octanol–water partition coefficient (Wildman–Crippen LogP) is 4.42. The summed E-state index contributed by atoms with van der Waals surface area (Å²) in [7, 11) is 1.62. The number of nitrogens with zero attached hydrogens (tertiary/aromatic N) is 1. The molecule has 3 nitrogen and oxygen atoms in total. The number of fused-ring (bicyclic) bond motifs is 1. The van der Waals surface area contributed by atoms with Gasteiger partial charge in [-0.25, -0.2) is 4.98 Å². The second kappa shape index (κ2) is 5.83. The summed E-state index contributed by atoms with van der Waals surface area (Å²) in [6.45, 7) is 2.16. The first-order valence-corrected chi connectivity index (χ1v) is 7.02. The minimum absolute atomic E-state index is 0.200. The van der Waals surface area contributed by atoms with Crippen LogP contribution in [0.5, 0.6) is 5.88 Å². The Morgan fingerprint density at radius 1 is 1.00 bits per heavy atom. The molecule has 0 aliphatic rings. The molecule has 0 aliphatic carbocycles. The highest BCUT2D eigenvalue weighted by Crippen LogP contribution is 2.26. The standard InChI is InChI=1S/C18H18N2O/c1-13(20-15-10-11-18(21-2)19-12-15)16-9-5-7-14-6-3-4-8-17(14)16/h3-13,20H,1-2H3. The Balaban J connectivity index is 1.88. The second-order valence-corrected chi connectivity index (χ2v) is 5.02. The fourth-order valence-electron chi connectivity index (χ4n) is 2.54. The van der Waals surface area contributed by atoms with Crippen molar-refractivity contribution in [2.75, 3.05) is 12.4 Å². The smallest absolute Gasteiger partial charge is 0.213 e. The molecule has 21 heavy (non-hydrogen) atoms. The van der Waals surface area contributed by atoms with Crippen LogP contribution >= 0.6 is 0 Å². The summed E-state index contributed by atoms with van der Waals surface area (Å²) in [6, 6.07) is 18.9. The Morgan fingerprint density at radius 2 is 1.81 bits per heavy atom. The number of hydrogen-bond donors (Lipinski definition) is 1. The molecule has 0 fully saturated rings. The molecule has 1 unspecified atom stereocenters. The minimum atomic E-state index is 0.200. The van der Waals surface area contributed by atoms with E-state index in [1.807, 2.05) is 12.1 Å². The number of hydrogen-bond acceptors (Lipinski definition) is 3. The summed E-state index contributed by atoms with van der Waals surface area (Å²) in [4.78, 5) is 4.22. The Morgan fingerprint density at radius 3 is 2.57 bits per heavy atom. The fraction of sp³-hybridized carbons (Fsp3) is 0.167. The van der Waals surface area contributed by atoms with Gasteiger partial charge in [-0.1, -0.05) is 42.5 Å². The molecule has 0 spiro atoms. The molecule has 0 saturated heterocycles. The predicted molar refractivity (Wildman–Crippen MR) is 86.8 cm³/mol. The number of ether oxygens (including phenoxy) is 1. The van der Waals surface area contributed by atoms with Crippen molar-refractivity contribution in [2.45, 2.75) is 13.0 Å². The van der Waals surface area contributed by atoms with Crippen molar-refractivity contribution in [3.63, 3.8) is 0 Å². The van der Waals surface area contributed by atoms with Gasteiger partial charge in [-0.2, -0.15) is 0 Å². The van der Waals surface area contributed by atoms with Gasteiger partial charge in [0.1, 0.15) is 0 Å². The minimum Gasteiger partial charge on any atom is -0.481 e. The van der Waals surface area contributed by atoms with E-state index in [0.29, 0.717) is 5.88 Å². The molecule has 1 aromatic heterocycles. The first-order chi connectivity index (χ1) is 10.3. The van der Waals surface area contributed by atoms with Gasteiger partial charge in [-0.05, 0) is 29.3 Å². The van der Waals surface area contributed by atoms with Gasteiger partial charge >= 0.3 is 0 Å². The monoisotopic (exact) mass is 278 g/mol. The number of benzene rings is 2. The number of anilines is 1. The molecule has 0 saturated carbocycles. The molecular weight excluding hydrogens is 260 g/mol. The Bertz CT molecular complexity index is 732. The molecule has 1 N–H and O–H groups in total. The van der Waals surface area contributed by atoms with E-state index in [2.05, 4.69) is 59.7 Å². The van der Waals surface area contributed by atoms with Crippen molar-refractivity contribution in [1.29, 1.82) is 0 Å². The number of pyridine rings is 1. The van der Waals surface area contributed by atoms with Crippen LogP contribution in [-0.4, -0.2) is 12.1 Å². The second-order valence-electron chi connectivity index (χ2n) is 5.02. The zero-order valence-corrected chi connectivity index (χ0v) is 12.2. The summed E-state index contributed by atoms with van der Waals surface area (Å²) in [5.41, 5.74) is 2.26. The molecule has 3 rings (SSSR count). The van der Waals surface area contributed by atoms with Gasteiger partial charge < -0.3 is 10.1 Å². The molecule has 3 aromatic rings. The average molecular weight is 278 g/mol. The molecular formula is C18H18N2O. The third kappa shape index (κ3) is 2.82. The van der Waals surface area contributed by atoms with Crippen LogP contribution in [0, 0.1) is 0 Å². The maximum absolute atomic E-state index is 5.08. The lowest BCUT2D eigenvalue weighted by Gasteiger charge is -2.17. The number of rotatable bonds is 4. The Labute approximate surface area is 124 Å². The first-order valence-electron chi connectivity index (χ1n) is 7.02. The molecule has 0 amide bonds. The zero-order chi connectivity index (χ0) is 14.7. The summed E-state index contributed by atoms with van der Waals surface area (Å²) in [5.74, 6) is 0.623. The van der Waals surface area contributed by atoms with E-state index < -0.39 is 0 Å². The molecule has 0 radical (unpaired) electrons. The highest BCUT2D eigenvalue weighted by molar-refractivity contribution is 5.86. The van der Waals surface area contributed by atoms with E-state index in [1.165, 1.54) is 16.3 Å². The van der Waals surface area contributed by atoms with Crippen molar-refractivity contribution in [3.8, 4) is 5.88 Å². The van der Waals surface area contributed by atoms with Crippen LogP contribution in [0.3, 0.4) is 0 Å². The first kappa shape index (κ1) is 13.4. The molecule has 1 heterocycles. The summed E-state index contributed by atoms with van der Waals surface area (Å²) < 4.78 is 5.08. The van der Waals surface area contributed by atoms with Gasteiger partial charge in [0.2, 0.25) is 5.88 Å². The number of nitrogens with one attached hydrogen (secondary N) is 1. The van der Waals surface area contributed by atoms with Crippen molar-refractivity contribution in [2.24, 2.45) is 0 Å². The maximum Gasteiger partial charge on any atom is 0.213 e. The zero-order valence-electron chi connectivity index (χ0n) is 12.2. The van der Waals surface area contributed by atoms with Crippen LogP contribution in [0.2, 0.25) is 0 Å². The van der Waals surface area contributed by atoms with E-state index in [9.17, 15) is 0 Å². The van der Waals surface area contributed by atoms with Crippen LogP contribution in [0.15, 0.2) is 60.8 Å². The van der Waals surface area contributed by atoms with Crippen LogP contribution in [-0.2, 0) is 0 Å². The third-order valence-corrected chi connectivity index (χ3v) is 3.62. The quantitative estimate of drug-likeness (QED) is 0.767. The summed E-state index contributed by atoms with van der Waals surface area (Å²) in [6.07, 6.45) is 1.79. The fourth-order valence-corrected chi connectivity index (χ4v) is 2.54. The average Bonchev–Trinajstić information content (AvgIpc) is 2.55. The highest BCUT2D eigenvalue weighted by atomic mass is 16.5. The lowest BCUT2D eigenvalue weighted by Crippen LogP contribution is -2.07. The van der Waals surface area contributed by atoms with Gasteiger partial charge in [-0.15, -0.1) is 0 Å². The maximum atomic E-state index is 5.08. The van der Waals surface area contributed by atoms with Gasteiger partial charge in [0.15, 0.2) is 0 Å². The van der Waals surface area contributed by atoms with E-state index in [-0.39, 0.29) is 6.04 Å². The Hall–Kier alpha value is -2.55. The molecule has 2 aromatic carbocycles. The topological polar surface area (TPSA) is 34.1 Å². The van der Waals surface area contributed by atoms with Gasteiger partial charge in [0.05, 0.1) is 19.0 Å². The number of aromatic nitrogens is 1. The van der Waals surface area contributed by atoms with Crippen molar-refractivity contribution >= 4 is 16.5 Å². The van der Waals surface area contributed by atoms with E-state index in [1.54, 1.807) is 13.3 Å². The van der Waals surface area contributed by atoms with Crippen LogP contribution in [0.1, 0.15) is 18.5 Å². The molecule has 3 heteroatoms. The molecule has 106 valence electrons. The Kier molecular flexibility index (Phi) is 3.73. The van der Waals surface area contributed by atoms with Crippen LogP contribution in [0.25, 0.3) is 10.8 Å². The lowest BCUT2D eigenvalue weighted by atomic mass is 9.99. The number of methoxy groups -OCH3 is 1. The molecule has 1 atom stereocenters. The third-order valence-electron chi connectivity index (χ3n) is 3.62. The van der Waals surface area contributed by atoms with Gasteiger partial charge in [0, 0.05) is 12.1 Å².